The van der Waals surface area contributed by atoms with Gasteiger partial charge in [-0.25, -0.2) is 9.59 Å². The van der Waals surface area contributed by atoms with Crippen molar-refractivity contribution in [2.75, 3.05) is 12.8 Å². The molecule has 0 radical (unpaired) electrons. The highest BCUT2D eigenvalue weighted by atomic mass is 32.2. The maximum Gasteiger partial charge on any atom is 0.326 e. The molecule has 2 amide bonds. The lowest BCUT2D eigenvalue weighted by Gasteiger charge is -2.16. The van der Waals surface area contributed by atoms with E-state index < -0.39 is 18.0 Å². The molecule has 0 heterocycles. The fourth-order valence-electron chi connectivity index (χ4n) is 1.77. The molecule has 2 unspecified atom stereocenters. The van der Waals surface area contributed by atoms with Crippen LogP contribution in [-0.4, -0.2) is 41.2 Å². The molecular weight excluding hydrogens is 288 g/mol. The molecule has 0 aliphatic heterocycles. The number of hydrogen-bond acceptors (Lipinski definition) is 3. The minimum Gasteiger partial charge on any atom is -0.480 e. The fourth-order valence-corrected chi connectivity index (χ4v) is 2.12. The Morgan fingerprint density at radius 3 is 2.52 bits per heavy atom. The molecule has 0 aliphatic carbocycles. The maximum absolute atomic E-state index is 11.7. The summed E-state index contributed by atoms with van der Waals surface area (Å²) in [5, 5.41) is 14.8. The van der Waals surface area contributed by atoms with Gasteiger partial charge < -0.3 is 15.7 Å². The monoisotopic (exact) mass is 310 g/mol. The van der Waals surface area contributed by atoms with E-state index in [1.807, 2.05) is 36.6 Å². The summed E-state index contributed by atoms with van der Waals surface area (Å²) in [5.41, 5.74) is 0.876. The molecule has 0 bridgehead atoms. The molecule has 0 saturated carbocycles. The Morgan fingerprint density at radius 1 is 1.29 bits per heavy atom. The van der Waals surface area contributed by atoms with Crippen molar-refractivity contribution in [3.8, 4) is 0 Å². The molecule has 1 aromatic rings. The van der Waals surface area contributed by atoms with Crippen LogP contribution in [0.15, 0.2) is 30.3 Å². The molecule has 5 nitrogen and oxygen atoms in total. The summed E-state index contributed by atoms with van der Waals surface area (Å²) in [4.78, 5) is 22.9. The van der Waals surface area contributed by atoms with Gasteiger partial charge in [0.2, 0.25) is 0 Å². The van der Waals surface area contributed by atoms with Crippen LogP contribution in [0.25, 0.3) is 0 Å². The van der Waals surface area contributed by atoms with Crippen LogP contribution in [-0.2, 0) is 11.2 Å². The van der Waals surface area contributed by atoms with E-state index in [9.17, 15) is 14.7 Å². The summed E-state index contributed by atoms with van der Waals surface area (Å²) in [6, 6.07) is 7.88. The topological polar surface area (TPSA) is 78.4 Å². The summed E-state index contributed by atoms with van der Waals surface area (Å²) >= 11 is 1.73. The summed E-state index contributed by atoms with van der Waals surface area (Å²) in [7, 11) is 0. The van der Waals surface area contributed by atoms with Crippen LogP contribution >= 0.6 is 11.8 Å². The number of carboxylic acid groups (broad SMARTS) is 1. The third-order valence-corrected chi connectivity index (χ3v) is 4.17. The Bertz CT molecular complexity index is 453. The first kappa shape index (κ1) is 17.4. The summed E-state index contributed by atoms with van der Waals surface area (Å²) in [5.74, 6) is -1.04. The van der Waals surface area contributed by atoms with Crippen LogP contribution in [0, 0.1) is 0 Å². The molecule has 0 aliphatic rings. The van der Waals surface area contributed by atoms with Crippen molar-refractivity contribution in [3.05, 3.63) is 35.9 Å². The second-order valence-corrected chi connectivity index (χ2v) is 6.09. The normalized spacial score (nSPS) is 13.2. The van der Waals surface area contributed by atoms with Gasteiger partial charge in [0.25, 0.3) is 0 Å². The van der Waals surface area contributed by atoms with E-state index in [-0.39, 0.29) is 6.42 Å². The minimum atomic E-state index is -1.04. The number of rotatable bonds is 8. The molecule has 6 heteroatoms. The van der Waals surface area contributed by atoms with E-state index in [2.05, 4.69) is 17.6 Å². The third kappa shape index (κ3) is 7.04. The van der Waals surface area contributed by atoms with Crippen LogP contribution in [0.2, 0.25) is 0 Å². The quantitative estimate of drug-likeness (QED) is 0.687. The van der Waals surface area contributed by atoms with Crippen molar-refractivity contribution in [1.82, 2.24) is 10.6 Å². The molecule has 0 saturated heterocycles. The summed E-state index contributed by atoms with van der Waals surface area (Å²) in [6.45, 7) is 2.62. The van der Waals surface area contributed by atoms with Crippen molar-refractivity contribution < 1.29 is 14.7 Å². The number of nitrogens with one attached hydrogen (secondary N) is 2. The van der Waals surface area contributed by atoms with Crippen molar-refractivity contribution in [2.45, 2.75) is 31.1 Å². The van der Waals surface area contributed by atoms with E-state index in [0.29, 0.717) is 11.8 Å². The first-order valence-electron chi connectivity index (χ1n) is 6.86. The SMILES string of the molecule is CSC(C)CCNC(=O)NC(Cc1ccccc1)C(=O)O. The molecule has 0 aromatic heterocycles. The van der Waals surface area contributed by atoms with Crippen LogP contribution < -0.4 is 10.6 Å². The number of carbonyl (C=O) groups is 2. The van der Waals surface area contributed by atoms with Gasteiger partial charge in [0.1, 0.15) is 6.04 Å². The first-order valence-corrected chi connectivity index (χ1v) is 8.15. The molecule has 1 rings (SSSR count). The van der Waals surface area contributed by atoms with Gasteiger partial charge in [-0.05, 0) is 18.2 Å². The molecule has 2 atom stereocenters. The zero-order chi connectivity index (χ0) is 15.7. The number of thioether (sulfide) groups is 1. The van der Waals surface area contributed by atoms with Crippen LogP contribution in [0.4, 0.5) is 4.79 Å². The summed E-state index contributed by atoms with van der Waals surface area (Å²) in [6.07, 6.45) is 3.14. The van der Waals surface area contributed by atoms with Crippen molar-refractivity contribution in [3.63, 3.8) is 0 Å². The van der Waals surface area contributed by atoms with Gasteiger partial charge in [0, 0.05) is 18.2 Å². The Labute approximate surface area is 129 Å². The maximum atomic E-state index is 11.7. The number of benzene rings is 1. The van der Waals surface area contributed by atoms with E-state index in [4.69, 9.17) is 0 Å². The number of hydrogen-bond donors (Lipinski definition) is 3. The second-order valence-electron chi connectivity index (χ2n) is 4.82. The van der Waals surface area contributed by atoms with Gasteiger partial charge in [0.15, 0.2) is 0 Å². The molecule has 0 spiro atoms. The Morgan fingerprint density at radius 2 is 1.95 bits per heavy atom. The van der Waals surface area contributed by atoms with E-state index in [1.54, 1.807) is 11.8 Å². The average Bonchev–Trinajstić information content (AvgIpc) is 2.47. The van der Waals surface area contributed by atoms with E-state index in [1.165, 1.54) is 0 Å². The zero-order valence-electron chi connectivity index (χ0n) is 12.3. The zero-order valence-corrected chi connectivity index (χ0v) is 13.2. The lowest BCUT2D eigenvalue weighted by Crippen LogP contribution is -2.47. The molecule has 21 heavy (non-hydrogen) atoms. The van der Waals surface area contributed by atoms with Gasteiger partial charge in [-0.1, -0.05) is 37.3 Å². The van der Waals surface area contributed by atoms with Crippen molar-refractivity contribution >= 4 is 23.8 Å². The highest BCUT2D eigenvalue weighted by Gasteiger charge is 2.20. The predicted molar refractivity (Wildman–Crippen MR) is 85.7 cm³/mol. The average molecular weight is 310 g/mol. The molecular formula is C15H22N2O3S. The highest BCUT2D eigenvalue weighted by molar-refractivity contribution is 7.99. The summed E-state index contributed by atoms with van der Waals surface area (Å²) < 4.78 is 0. The predicted octanol–water partition coefficient (Wildman–Crippen LogP) is 2.12. The first-order chi connectivity index (χ1) is 10.0. The number of amides is 2. The van der Waals surface area contributed by atoms with Crippen LogP contribution in [0.5, 0.6) is 0 Å². The number of carboxylic acids is 1. The van der Waals surface area contributed by atoms with E-state index in [0.717, 1.165) is 12.0 Å². The molecule has 0 fully saturated rings. The highest BCUT2D eigenvalue weighted by Crippen LogP contribution is 2.08. The van der Waals surface area contributed by atoms with Gasteiger partial charge in [-0.15, -0.1) is 0 Å². The van der Waals surface area contributed by atoms with Gasteiger partial charge in [0.05, 0.1) is 0 Å². The standard InChI is InChI=1S/C15H22N2O3S/c1-11(21-2)8-9-16-15(20)17-13(14(18)19)10-12-6-4-3-5-7-12/h3-7,11,13H,8-10H2,1-2H3,(H,18,19)(H2,16,17,20). The Kier molecular flexibility index (Phi) is 7.68. The number of urea groups is 1. The molecule has 1 aromatic carbocycles. The van der Waals surface area contributed by atoms with Crippen molar-refractivity contribution in [1.29, 1.82) is 0 Å². The molecule has 116 valence electrons. The van der Waals surface area contributed by atoms with Crippen LogP contribution in [0.3, 0.4) is 0 Å². The van der Waals surface area contributed by atoms with Crippen LogP contribution in [0.1, 0.15) is 18.9 Å². The third-order valence-electron chi connectivity index (χ3n) is 3.12. The Hall–Kier alpha value is -1.69. The smallest absolute Gasteiger partial charge is 0.326 e. The van der Waals surface area contributed by atoms with Gasteiger partial charge >= 0.3 is 12.0 Å². The van der Waals surface area contributed by atoms with Gasteiger partial charge in [-0.2, -0.15) is 11.8 Å². The minimum absolute atomic E-state index is 0.269. The second kappa shape index (κ2) is 9.28. The Balaban J connectivity index is 2.43. The fraction of sp³-hybridized carbons (Fsp3) is 0.467. The van der Waals surface area contributed by atoms with E-state index >= 15 is 0 Å². The lowest BCUT2D eigenvalue weighted by atomic mass is 10.1. The molecule has 3 N–H and O–H groups in total. The number of carbonyl (C=O) groups excluding carboxylic acids is 1. The van der Waals surface area contributed by atoms with Gasteiger partial charge in [-0.3, -0.25) is 0 Å². The lowest BCUT2D eigenvalue weighted by molar-refractivity contribution is -0.139. The largest absolute Gasteiger partial charge is 0.480 e. The van der Waals surface area contributed by atoms with Crippen molar-refractivity contribution in [2.24, 2.45) is 0 Å². The number of aliphatic carboxylic acids is 1.